The second kappa shape index (κ2) is 18.0. The van der Waals surface area contributed by atoms with Gasteiger partial charge in [-0.05, 0) is 142 Å². The van der Waals surface area contributed by atoms with Crippen molar-refractivity contribution < 1.29 is 57.7 Å². The molecule has 18 heteroatoms. The van der Waals surface area contributed by atoms with Gasteiger partial charge in [-0.1, -0.05) is 25.1 Å². The Morgan fingerprint density at radius 2 is 1.65 bits per heavy atom. The fourth-order valence-electron chi connectivity index (χ4n) is 14.6. The van der Waals surface area contributed by atoms with Crippen LogP contribution < -0.4 is 31.9 Å². The van der Waals surface area contributed by atoms with Crippen LogP contribution in [0, 0.1) is 39.4 Å². The van der Waals surface area contributed by atoms with Gasteiger partial charge in [-0.25, -0.2) is 8.78 Å². The first-order chi connectivity index (χ1) is 32.1. The third-order valence-corrected chi connectivity index (χ3v) is 17.6. The summed E-state index contributed by atoms with van der Waals surface area (Å²) in [6.07, 6.45) is 4.71. The quantitative estimate of drug-likeness (QED) is 0.0931. The number of allylic oxidation sites excluding steroid dienone is 4. The van der Waals surface area contributed by atoms with E-state index in [1.54, 1.807) is 6.92 Å². The van der Waals surface area contributed by atoms with Crippen molar-refractivity contribution in [1.29, 1.82) is 0 Å². The number of aliphatic hydroxyl groups excluding tert-OH is 2. The summed E-state index contributed by atoms with van der Waals surface area (Å²) in [6, 6.07) is 6.05. The minimum atomic E-state index is -2.26. The van der Waals surface area contributed by atoms with Gasteiger partial charge < -0.3 is 47.2 Å². The normalized spacial score (nSPS) is 36.8. The Balaban J connectivity index is 0.876. The smallest absolute Gasteiger partial charge is 0.303 e. The third kappa shape index (κ3) is 8.14. The van der Waals surface area contributed by atoms with Crippen LogP contribution >= 0.6 is 0 Å². The van der Waals surface area contributed by atoms with Gasteiger partial charge in [0.2, 0.25) is 23.6 Å². The van der Waals surface area contributed by atoms with Gasteiger partial charge in [0.25, 0.3) is 0 Å². The van der Waals surface area contributed by atoms with E-state index in [2.05, 4.69) is 26.2 Å². The number of carbonyl (C=O) groups is 7. The van der Waals surface area contributed by atoms with Gasteiger partial charge in [0.05, 0.1) is 18.1 Å². The number of unbranched alkanes of at least 4 members (excludes halogenated alkanes) is 1. The molecular weight excluding hydrogens is 883 g/mol. The van der Waals surface area contributed by atoms with Crippen molar-refractivity contribution in [3.63, 3.8) is 0 Å². The number of fused-ring (bicyclic) bond motifs is 7. The van der Waals surface area contributed by atoms with Crippen LogP contribution in [0.25, 0.3) is 0 Å². The number of rotatable bonds is 19. The second-order valence-electron chi connectivity index (χ2n) is 21.7. The Hall–Kier alpha value is -5.07. The number of nitrogens with two attached hydrogens (primary N) is 1. The van der Waals surface area contributed by atoms with Gasteiger partial charge in [-0.15, -0.1) is 0 Å². The molecular formula is C50H66F2N6O10. The molecule has 68 heavy (non-hydrogen) atoms. The Labute approximate surface area is 394 Å². The first-order valence-corrected chi connectivity index (χ1v) is 24.1. The molecule has 4 amide bonds. The molecule has 1 aliphatic heterocycles. The predicted molar refractivity (Wildman–Crippen MR) is 244 cm³/mol. The number of Topliss-reactive ketones (excluding diaryl/α,β-unsaturated/α-hetero) is 1. The minimum absolute atomic E-state index is 0.0497. The number of benzene rings is 1. The summed E-state index contributed by atoms with van der Waals surface area (Å²) in [4.78, 5) is 90.9. The summed E-state index contributed by atoms with van der Waals surface area (Å²) in [5.74, 6) is -5.74. The highest BCUT2D eigenvalue weighted by Crippen LogP contribution is 2.75. The average molecular weight is 949 g/mol. The van der Waals surface area contributed by atoms with E-state index in [-0.39, 0.29) is 54.9 Å². The third-order valence-electron chi connectivity index (χ3n) is 17.6. The van der Waals surface area contributed by atoms with Crippen molar-refractivity contribution in [3.05, 3.63) is 53.6 Å². The Kier molecular flexibility index (Phi) is 13.1. The number of nitrogens with zero attached hydrogens (tertiary/aromatic N) is 1. The molecule has 7 fully saturated rings. The van der Waals surface area contributed by atoms with Crippen LogP contribution in [-0.2, 0) is 40.0 Å². The molecule has 0 radical (unpaired) electrons. The molecule has 1 aromatic carbocycles. The largest absolute Gasteiger partial charge is 0.481 e. The molecule has 9 rings (SSSR count). The highest BCUT2D eigenvalue weighted by molar-refractivity contribution is 6.01. The molecule has 0 unspecified atom stereocenters. The fourth-order valence-corrected chi connectivity index (χ4v) is 14.6. The molecule has 0 spiro atoms. The molecule has 16 nitrogen and oxygen atoms in total. The summed E-state index contributed by atoms with van der Waals surface area (Å²) in [5, 5.41) is 42.4. The van der Waals surface area contributed by atoms with E-state index in [4.69, 9.17) is 5.73 Å². The summed E-state index contributed by atoms with van der Waals surface area (Å²) < 4.78 is 33.9. The lowest BCUT2D eigenvalue weighted by Crippen LogP contribution is -2.76. The van der Waals surface area contributed by atoms with Crippen LogP contribution in [0.15, 0.2) is 48.1 Å². The van der Waals surface area contributed by atoms with E-state index in [0.717, 1.165) is 17.7 Å². The Morgan fingerprint density at radius 3 is 2.29 bits per heavy atom. The van der Waals surface area contributed by atoms with Gasteiger partial charge in [0.15, 0.2) is 17.2 Å². The van der Waals surface area contributed by atoms with Crippen LogP contribution in [0.4, 0.5) is 14.5 Å². The number of ketones is 2. The molecule has 0 aromatic heterocycles. The monoisotopic (exact) mass is 948 g/mol. The molecule has 7 aliphatic carbocycles. The average Bonchev–Trinajstić information content (AvgIpc) is 3.77. The number of aliphatic carboxylic acids is 1. The Morgan fingerprint density at radius 1 is 0.956 bits per heavy atom. The molecule has 11 atom stereocenters. The number of carboxylic acid groups (broad SMARTS) is 1. The first kappa shape index (κ1) is 49.4. The number of aliphatic hydroxyl groups is 2. The minimum Gasteiger partial charge on any atom is -0.481 e. The maximum absolute atomic E-state index is 17.8. The topological polar surface area (TPSA) is 258 Å². The van der Waals surface area contributed by atoms with Crippen molar-refractivity contribution in [2.24, 2.45) is 45.1 Å². The zero-order chi connectivity index (χ0) is 49.2. The zero-order valence-electron chi connectivity index (χ0n) is 39.1. The number of anilines is 1. The predicted octanol–water partition coefficient (Wildman–Crippen LogP) is 2.28. The molecule has 9 N–H and O–H groups in total. The van der Waals surface area contributed by atoms with Crippen molar-refractivity contribution in [2.45, 2.75) is 133 Å². The molecule has 1 aromatic rings. The first-order valence-electron chi connectivity index (χ1n) is 24.1. The van der Waals surface area contributed by atoms with Crippen LogP contribution in [0.5, 0.6) is 0 Å². The van der Waals surface area contributed by atoms with Gasteiger partial charge in [-0.2, -0.15) is 0 Å². The molecule has 1 saturated heterocycles. The number of hydrogen-bond acceptors (Lipinski definition) is 11. The summed E-state index contributed by atoms with van der Waals surface area (Å²) in [6.45, 7) is 4.69. The molecule has 1 heterocycles. The van der Waals surface area contributed by atoms with E-state index >= 15 is 8.78 Å². The van der Waals surface area contributed by atoms with E-state index in [1.807, 2.05) is 31.2 Å². The SMILES string of the molecule is CC(=O)N[C@@H](CCCCN)C(=O)NCC(=O)N[C@@H](CCC(=O)O)C(=O)NC12CC(Cc3ccc(N4C[C@@H]5C[C@H]6[C@@H]7C[C@H](F)C8=CC(=O)C=C[C@]8(C)[C@@]7(F)[C@@H](O)C[C@]6(C)[C@]5(C(=O)CO)C4)cc3)(C1)C2. The van der Waals surface area contributed by atoms with E-state index in [1.165, 1.54) is 25.2 Å². The van der Waals surface area contributed by atoms with Crippen molar-refractivity contribution in [2.75, 3.05) is 37.7 Å². The number of carbonyl (C=O) groups excluding carboxylic acids is 6. The highest BCUT2D eigenvalue weighted by Gasteiger charge is 2.78. The molecule has 2 bridgehead atoms. The fraction of sp³-hybridized carbons (Fsp3) is 0.660. The maximum atomic E-state index is 17.8. The van der Waals surface area contributed by atoms with Crippen molar-refractivity contribution >= 4 is 46.9 Å². The molecule has 370 valence electrons. The van der Waals surface area contributed by atoms with Gasteiger partial charge >= 0.3 is 5.97 Å². The highest BCUT2D eigenvalue weighted by atomic mass is 19.1. The van der Waals surface area contributed by atoms with Crippen LogP contribution in [0.1, 0.15) is 97.0 Å². The summed E-state index contributed by atoms with van der Waals surface area (Å²) >= 11 is 0. The molecule has 8 aliphatic rings. The molecule has 6 saturated carbocycles. The zero-order valence-corrected chi connectivity index (χ0v) is 39.1. The second-order valence-corrected chi connectivity index (χ2v) is 21.7. The number of carboxylic acids is 1. The van der Waals surface area contributed by atoms with Gasteiger partial charge in [0.1, 0.15) is 24.9 Å². The van der Waals surface area contributed by atoms with Gasteiger partial charge in [-0.3, -0.25) is 33.6 Å². The number of nitrogens with one attached hydrogen (secondary N) is 4. The Bertz CT molecular complexity index is 2290. The van der Waals surface area contributed by atoms with Crippen LogP contribution in [0.3, 0.4) is 0 Å². The van der Waals surface area contributed by atoms with Crippen molar-refractivity contribution in [3.8, 4) is 0 Å². The number of hydrogen-bond donors (Lipinski definition) is 8. The van der Waals surface area contributed by atoms with Gasteiger partial charge in [0, 0.05) is 49.0 Å². The lowest BCUT2D eigenvalue weighted by Gasteiger charge is -2.71. The lowest BCUT2D eigenvalue weighted by molar-refractivity contribution is -0.210. The van der Waals surface area contributed by atoms with Crippen LogP contribution in [0.2, 0.25) is 0 Å². The standard InChI is InChI=1S/C50H66F2N6O10/c1-28(60)55-37(6-4-5-15-53)43(67)54-21-41(64)56-38(11-12-42(65)66)44(68)57-48-24-47(25-48,26-48)19-29-7-9-31(10-8-29)58-22-30-16-33-34-18-36(51)35-17-32(61)13-14-45(35,2)50(34,52)39(62)20-46(33,3)49(30,27-58)40(63)23-59/h7-10,13-14,17,30,33-34,36-39,59,62H,4-6,11-12,15-16,18-27,53H2,1-3H3,(H,54,67)(H,55,60)(H,56,64)(H,57,68)(H,65,66)/t30-,33-,34-,36-,37-,38-,39-,45-,46-,47?,48?,49+,50-/m0/s1. The van der Waals surface area contributed by atoms with E-state index < -0.39 is 112 Å². The summed E-state index contributed by atoms with van der Waals surface area (Å²) in [7, 11) is 0. The van der Waals surface area contributed by atoms with Crippen molar-refractivity contribution in [1.82, 2.24) is 21.3 Å². The van der Waals surface area contributed by atoms with E-state index in [9.17, 15) is 48.9 Å². The number of alkyl halides is 2. The van der Waals surface area contributed by atoms with Crippen LogP contribution in [-0.4, -0.2) is 125 Å². The summed E-state index contributed by atoms with van der Waals surface area (Å²) in [5.41, 5.74) is 1.14. The number of halogens is 2. The lowest BCUT2D eigenvalue weighted by atomic mass is 9.38. The van der Waals surface area contributed by atoms with E-state index in [0.29, 0.717) is 58.0 Å². The maximum Gasteiger partial charge on any atom is 0.303 e. The number of amides is 4.